The molecule has 0 fully saturated rings. The van der Waals surface area contributed by atoms with Crippen LogP contribution in [0.4, 0.5) is 13.2 Å². The summed E-state index contributed by atoms with van der Waals surface area (Å²) in [6.45, 7) is 2.31. The molecule has 0 aliphatic rings. The van der Waals surface area contributed by atoms with Gasteiger partial charge in [0.1, 0.15) is 5.82 Å². The normalized spacial score (nSPS) is 14.6. The fourth-order valence-electron chi connectivity index (χ4n) is 1.64. The third-order valence-electron chi connectivity index (χ3n) is 3.14. The Morgan fingerprint density at radius 1 is 1.25 bits per heavy atom. The van der Waals surface area contributed by atoms with Crippen molar-refractivity contribution in [1.29, 1.82) is 0 Å². The van der Waals surface area contributed by atoms with Crippen LogP contribution in [0.1, 0.15) is 31.9 Å². The lowest BCUT2D eigenvalue weighted by atomic mass is 10.1. The summed E-state index contributed by atoms with van der Waals surface area (Å²) < 4.78 is 63.3. The van der Waals surface area contributed by atoms with Gasteiger partial charge in [0.2, 0.25) is 15.9 Å². The molecule has 0 spiro atoms. The standard InChI is InChI=1S/C13H18F3NO2S/c1-10(11-4-6-12(14)7-5-11)17(3)20(18,19)9-8-13(2,15)16/h4-7,10H,8-9H2,1-3H3/t10-/m1/s1. The number of alkyl halides is 2. The highest BCUT2D eigenvalue weighted by Crippen LogP contribution is 2.24. The zero-order valence-corrected chi connectivity index (χ0v) is 12.4. The Morgan fingerprint density at radius 3 is 2.20 bits per heavy atom. The molecule has 1 rings (SSSR count). The Balaban J connectivity index is 2.82. The van der Waals surface area contributed by atoms with Gasteiger partial charge < -0.3 is 0 Å². The minimum atomic E-state index is -3.79. The van der Waals surface area contributed by atoms with Crippen molar-refractivity contribution in [1.82, 2.24) is 4.31 Å². The first kappa shape index (κ1) is 17.0. The van der Waals surface area contributed by atoms with Gasteiger partial charge in [0.15, 0.2) is 0 Å². The van der Waals surface area contributed by atoms with Crippen LogP contribution >= 0.6 is 0 Å². The van der Waals surface area contributed by atoms with Gasteiger partial charge in [0.05, 0.1) is 5.75 Å². The Labute approximate surface area is 117 Å². The van der Waals surface area contributed by atoms with Crippen LogP contribution < -0.4 is 0 Å². The molecule has 0 aliphatic heterocycles. The van der Waals surface area contributed by atoms with Gasteiger partial charge in [-0.3, -0.25) is 0 Å². The van der Waals surface area contributed by atoms with Crippen molar-refractivity contribution in [3.05, 3.63) is 35.6 Å². The van der Waals surface area contributed by atoms with E-state index in [1.807, 2.05) is 0 Å². The maximum absolute atomic E-state index is 12.8. The van der Waals surface area contributed by atoms with E-state index in [1.165, 1.54) is 31.3 Å². The second-order valence-corrected chi connectivity index (χ2v) is 7.03. The SMILES string of the molecule is C[C@H](c1ccc(F)cc1)N(C)S(=O)(=O)CCC(C)(F)F. The third kappa shape index (κ3) is 4.79. The van der Waals surface area contributed by atoms with E-state index in [0.717, 1.165) is 4.31 Å². The molecule has 1 aromatic rings. The van der Waals surface area contributed by atoms with Crippen molar-refractivity contribution in [3.8, 4) is 0 Å². The number of hydrogen-bond donors (Lipinski definition) is 0. The number of halogens is 3. The van der Waals surface area contributed by atoms with E-state index >= 15 is 0 Å². The molecule has 0 bridgehead atoms. The molecule has 114 valence electrons. The molecule has 0 saturated carbocycles. The van der Waals surface area contributed by atoms with E-state index in [4.69, 9.17) is 0 Å². The Hall–Kier alpha value is -1.08. The van der Waals surface area contributed by atoms with Crippen molar-refractivity contribution >= 4 is 10.0 Å². The molecular formula is C13H18F3NO2S. The lowest BCUT2D eigenvalue weighted by Gasteiger charge is -2.25. The van der Waals surface area contributed by atoms with Gasteiger partial charge in [-0.1, -0.05) is 12.1 Å². The first-order valence-electron chi connectivity index (χ1n) is 6.12. The fourth-order valence-corrected chi connectivity index (χ4v) is 3.15. The van der Waals surface area contributed by atoms with E-state index < -0.39 is 40.0 Å². The zero-order chi connectivity index (χ0) is 15.6. The second-order valence-electron chi connectivity index (χ2n) is 4.88. The summed E-state index contributed by atoms with van der Waals surface area (Å²) in [5.74, 6) is -4.07. The third-order valence-corrected chi connectivity index (χ3v) is 5.05. The van der Waals surface area contributed by atoms with Gasteiger partial charge in [-0.2, -0.15) is 4.31 Å². The Bertz CT molecular complexity index is 538. The van der Waals surface area contributed by atoms with Crippen LogP contribution in [0.25, 0.3) is 0 Å². The molecule has 1 aromatic carbocycles. The molecule has 0 aliphatic carbocycles. The monoisotopic (exact) mass is 309 g/mol. The molecule has 0 radical (unpaired) electrons. The van der Waals surface area contributed by atoms with E-state index in [9.17, 15) is 21.6 Å². The number of rotatable bonds is 6. The van der Waals surface area contributed by atoms with Crippen molar-refractivity contribution in [2.45, 2.75) is 32.2 Å². The highest BCUT2D eigenvalue weighted by molar-refractivity contribution is 7.89. The Morgan fingerprint density at radius 2 is 1.75 bits per heavy atom. The number of hydrogen-bond acceptors (Lipinski definition) is 2. The average Bonchev–Trinajstić information content (AvgIpc) is 2.35. The zero-order valence-electron chi connectivity index (χ0n) is 11.6. The van der Waals surface area contributed by atoms with Crippen molar-refractivity contribution in [3.63, 3.8) is 0 Å². The van der Waals surface area contributed by atoms with Crippen LogP contribution in [0.5, 0.6) is 0 Å². The molecular weight excluding hydrogens is 291 g/mol. The fraction of sp³-hybridized carbons (Fsp3) is 0.538. The predicted octanol–water partition coefficient (Wildman–Crippen LogP) is 3.19. The van der Waals surface area contributed by atoms with E-state index in [1.54, 1.807) is 6.92 Å². The van der Waals surface area contributed by atoms with Gasteiger partial charge >= 0.3 is 0 Å². The molecule has 1 atom stereocenters. The molecule has 0 saturated heterocycles. The minimum Gasteiger partial charge on any atom is -0.212 e. The maximum atomic E-state index is 12.8. The molecule has 20 heavy (non-hydrogen) atoms. The maximum Gasteiger partial charge on any atom is 0.246 e. The molecule has 0 aromatic heterocycles. The summed E-state index contributed by atoms with van der Waals surface area (Å²) in [6, 6.07) is 4.85. The van der Waals surface area contributed by atoms with Crippen LogP contribution in [0.15, 0.2) is 24.3 Å². The van der Waals surface area contributed by atoms with Crippen LogP contribution in [-0.4, -0.2) is 31.4 Å². The smallest absolute Gasteiger partial charge is 0.212 e. The largest absolute Gasteiger partial charge is 0.246 e. The summed E-state index contributed by atoms with van der Waals surface area (Å²) in [5, 5.41) is 0. The van der Waals surface area contributed by atoms with Gasteiger partial charge in [-0.25, -0.2) is 21.6 Å². The van der Waals surface area contributed by atoms with Crippen molar-refractivity contribution < 1.29 is 21.6 Å². The van der Waals surface area contributed by atoms with E-state index in [-0.39, 0.29) is 0 Å². The van der Waals surface area contributed by atoms with Crippen LogP contribution in [0.2, 0.25) is 0 Å². The molecule has 0 amide bonds. The van der Waals surface area contributed by atoms with E-state index in [2.05, 4.69) is 0 Å². The molecule has 7 heteroatoms. The summed E-state index contributed by atoms with van der Waals surface area (Å²) in [5.41, 5.74) is 0.598. The van der Waals surface area contributed by atoms with Crippen LogP contribution in [0, 0.1) is 5.82 Å². The first-order valence-corrected chi connectivity index (χ1v) is 7.73. The average molecular weight is 309 g/mol. The molecule has 0 N–H and O–H groups in total. The molecule has 0 unspecified atom stereocenters. The van der Waals surface area contributed by atoms with Gasteiger partial charge in [0, 0.05) is 19.5 Å². The topological polar surface area (TPSA) is 37.4 Å². The van der Waals surface area contributed by atoms with E-state index in [0.29, 0.717) is 12.5 Å². The number of nitrogens with zero attached hydrogens (tertiary/aromatic N) is 1. The summed E-state index contributed by atoms with van der Waals surface area (Å²) in [7, 11) is -2.46. The second kappa shape index (κ2) is 6.13. The number of benzene rings is 1. The van der Waals surface area contributed by atoms with Crippen molar-refractivity contribution in [2.75, 3.05) is 12.8 Å². The lowest BCUT2D eigenvalue weighted by Crippen LogP contribution is -2.33. The predicted molar refractivity (Wildman–Crippen MR) is 71.6 cm³/mol. The summed E-state index contributed by atoms with van der Waals surface area (Å²) >= 11 is 0. The lowest BCUT2D eigenvalue weighted by molar-refractivity contribution is 0.0186. The summed E-state index contributed by atoms with van der Waals surface area (Å²) in [4.78, 5) is 0. The highest BCUT2D eigenvalue weighted by atomic mass is 32.2. The quantitative estimate of drug-likeness (QED) is 0.809. The Kier molecular flexibility index (Phi) is 5.21. The summed E-state index contributed by atoms with van der Waals surface area (Å²) in [6.07, 6.45) is -0.726. The van der Waals surface area contributed by atoms with Gasteiger partial charge in [-0.15, -0.1) is 0 Å². The van der Waals surface area contributed by atoms with Gasteiger partial charge in [0.25, 0.3) is 0 Å². The van der Waals surface area contributed by atoms with Crippen LogP contribution in [0.3, 0.4) is 0 Å². The number of sulfonamides is 1. The highest BCUT2D eigenvalue weighted by Gasteiger charge is 2.29. The van der Waals surface area contributed by atoms with Crippen molar-refractivity contribution in [2.24, 2.45) is 0 Å². The molecule has 3 nitrogen and oxygen atoms in total. The van der Waals surface area contributed by atoms with Gasteiger partial charge in [-0.05, 0) is 31.5 Å². The first-order chi connectivity index (χ1) is 9.03. The molecule has 0 heterocycles. The van der Waals surface area contributed by atoms with Crippen LogP contribution in [-0.2, 0) is 10.0 Å². The minimum absolute atomic E-state index is 0.419.